The molecule has 1 aromatic rings. The van der Waals surface area contributed by atoms with E-state index in [1.54, 1.807) is 14.2 Å². The van der Waals surface area contributed by atoms with E-state index in [0.717, 1.165) is 49.7 Å². The molecule has 0 heterocycles. The van der Waals surface area contributed by atoms with Crippen LogP contribution in [-0.2, 0) is 11.2 Å². The molecule has 0 radical (unpaired) electrons. The maximum atomic E-state index is 11.6. The molecule has 0 unspecified atom stereocenters. The largest absolute Gasteiger partial charge is 0.493 e. The van der Waals surface area contributed by atoms with Gasteiger partial charge in [0.25, 0.3) is 0 Å². The quantitative estimate of drug-likeness (QED) is 0.187. The molecule has 158 valence electrons. The van der Waals surface area contributed by atoms with Crippen LogP contribution in [0.1, 0.15) is 31.7 Å². The molecule has 0 bridgehead atoms. The molecule has 3 N–H and O–H groups in total. The number of carbonyl (C=O) groups excluding carboxylic acids is 1. The van der Waals surface area contributed by atoms with Crippen LogP contribution in [0.2, 0.25) is 0 Å². The minimum atomic E-state index is 0. The number of halogens is 1. The van der Waals surface area contributed by atoms with Crippen molar-refractivity contribution in [2.75, 3.05) is 40.4 Å². The second-order valence-corrected chi connectivity index (χ2v) is 6.51. The summed E-state index contributed by atoms with van der Waals surface area (Å²) in [6, 6.07) is 6.05. The highest BCUT2D eigenvalue weighted by atomic mass is 127. The highest BCUT2D eigenvalue weighted by Gasteiger charge is 2.28. The number of amides is 1. The smallest absolute Gasteiger partial charge is 0.223 e. The van der Waals surface area contributed by atoms with Crippen LogP contribution < -0.4 is 25.4 Å². The predicted octanol–water partition coefficient (Wildman–Crippen LogP) is 2.34. The van der Waals surface area contributed by atoms with E-state index in [4.69, 9.17) is 9.47 Å². The van der Waals surface area contributed by atoms with Gasteiger partial charge in [0.1, 0.15) is 0 Å². The van der Waals surface area contributed by atoms with Crippen molar-refractivity contribution >= 4 is 35.8 Å². The van der Waals surface area contributed by atoms with Crippen LogP contribution in [0.3, 0.4) is 0 Å². The summed E-state index contributed by atoms with van der Waals surface area (Å²) in [7, 11) is 3.40. The fraction of sp³-hybridized carbons (Fsp3) is 0.600. The normalized spacial score (nSPS) is 13.3. The van der Waals surface area contributed by atoms with E-state index in [1.807, 2.05) is 19.1 Å². The molecule has 1 aliphatic rings. The number of carbonyl (C=O) groups is 1. The summed E-state index contributed by atoms with van der Waals surface area (Å²) < 4.78 is 10.9. The lowest BCUT2D eigenvalue weighted by Crippen LogP contribution is -2.42. The summed E-state index contributed by atoms with van der Waals surface area (Å²) in [5.74, 6) is 2.72. The molecule has 0 aromatic heterocycles. The number of hydrogen-bond donors (Lipinski definition) is 3. The Balaban J connectivity index is 0.00000392. The lowest BCUT2D eigenvalue weighted by Gasteiger charge is -2.13. The highest BCUT2D eigenvalue weighted by molar-refractivity contribution is 14.0. The highest BCUT2D eigenvalue weighted by Crippen LogP contribution is 2.29. The maximum Gasteiger partial charge on any atom is 0.223 e. The number of hydrogen-bond acceptors (Lipinski definition) is 4. The molecule has 7 nitrogen and oxygen atoms in total. The van der Waals surface area contributed by atoms with Crippen molar-refractivity contribution in [3.63, 3.8) is 0 Å². The molecule has 8 heteroatoms. The average molecular weight is 504 g/mol. The van der Waals surface area contributed by atoms with E-state index in [2.05, 4.69) is 27.0 Å². The van der Waals surface area contributed by atoms with Gasteiger partial charge < -0.3 is 25.4 Å². The van der Waals surface area contributed by atoms with Crippen molar-refractivity contribution < 1.29 is 14.3 Å². The van der Waals surface area contributed by atoms with Gasteiger partial charge in [-0.1, -0.05) is 6.07 Å². The van der Waals surface area contributed by atoms with E-state index >= 15 is 0 Å². The molecule has 2 rings (SSSR count). The number of aliphatic imine (C=N–C) groups is 1. The van der Waals surface area contributed by atoms with Gasteiger partial charge in [0.2, 0.25) is 5.91 Å². The molecule has 1 saturated carbocycles. The lowest BCUT2D eigenvalue weighted by atomic mass is 10.1. The fourth-order valence-electron chi connectivity index (χ4n) is 2.72. The molecule has 1 amide bonds. The number of ether oxygens (including phenoxy) is 2. The van der Waals surface area contributed by atoms with E-state index in [9.17, 15) is 4.79 Å². The second kappa shape index (κ2) is 13.5. The number of aryl methyl sites for hydroxylation is 1. The van der Waals surface area contributed by atoms with Gasteiger partial charge in [-0.3, -0.25) is 9.79 Å². The molecule has 1 aliphatic carbocycles. The Bertz CT molecular complexity index is 636. The monoisotopic (exact) mass is 504 g/mol. The maximum absolute atomic E-state index is 11.6. The molecule has 28 heavy (non-hydrogen) atoms. The molecule has 1 aromatic carbocycles. The molecule has 0 spiro atoms. The minimum Gasteiger partial charge on any atom is -0.493 e. The number of rotatable bonds is 11. The van der Waals surface area contributed by atoms with Gasteiger partial charge in [0.05, 0.1) is 13.7 Å². The van der Waals surface area contributed by atoms with Crippen molar-refractivity contribution in [1.29, 1.82) is 0 Å². The van der Waals surface area contributed by atoms with Crippen LogP contribution in [0.15, 0.2) is 23.2 Å². The van der Waals surface area contributed by atoms with Crippen LogP contribution in [0, 0.1) is 5.92 Å². The SMILES string of the molecule is CCOc1cc(CCCNC(=NC)NCCNC(=O)C2CC2)ccc1OC.I. The Labute approximate surface area is 185 Å². The average Bonchev–Trinajstić information content (AvgIpc) is 3.52. The van der Waals surface area contributed by atoms with Crippen molar-refractivity contribution in [3.05, 3.63) is 23.8 Å². The van der Waals surface area contributed by atoms with E-state index in [0.29, 0.717) is 19.7 Å². The van der Waals surface area contributed by atoms with Gasteiger partial charge in [-0.25, -0.2) is 0 Å². The molecule has 0 atom stereocenters. The van der Waals surface area contributed by atoms with Crippen molar-refractivity contribution in [3.8, 4) is 11.5 Å². The Morgan fingerprint density at radius 3 is 2.50 bits per heavy atom. The Kier molecular flexibility index (Phi) is 11.7. The van der Waals surface area contributed by atoms with Gasteiger partial charge in [-0.15, -0.1) is 24.0 Å². The summed E-state index contributed by atoms with van der Waals surface area (Å²) >= 11 is 0. The summed E-state index contributed by atoms with van der Waals surface area (Å²) in [6.07, 6.45) is 3.97. The van der Waals surface area contributed by atoms with E-state index in [1.165, 1.54) is 5.56 Å². The topological polar surface area (TPSA) is 84.0 Å². The summed E-state index contributed by atoms with van der Waals surface area (Å²) in [4.78, 5) is 15.8. The standard InChI is InChI=1S/C20H32N4O3.HI/c1-4-27-18-14-15(7-10-17(18)26-3)6-5-11-23-20(21-2)24-13-12-22-19(25)16-8-9-16;/h7,10,14,16H,4-6,8-9,11-13H2,1-3H3,(H,22,25)(H2,21,23,24);1H. The Morgan fingerprint density at radius 1 is 1.14 bits per heavy atom. The first-order valence-electron chi connectivity index (χ1n) is 9.69. The third-order valence-electron chi connectivity index (χ3n) is 4.35. The number of benzene rings is 1. The first-order chi connectivity index (χ1) is 13.2. The Morgan fingerprint density at radius 2 is 1.86 bits per heavy atom. The minimum absolute atomic E-state index is 0. The van der Waals surface area contributed by atoms with Crippen LogP contribution >= 0.6 is 24.0 Å². The first-order valence-corrected chi connectivity index (χ1v) is 9.69. The molecule has 0 aliphatic heterocycles. The zero-order valence-electron chi connectivity index (χ0n) is 17.0. The number of guanidine groups is 1. The van der Waals surface area contributed by atoms with Crippen molar-refractivity contribution in [1.82, 2.24) is 16.0 Å². The van der Waals surface area contributed by atoms with Gasteiger partial charge >= 0.3 is 0 Å². The Hall–Kier alpha value is -1.71. The van der Waals surface area contributed by atoms with Gasteiger partial charge in [-0.05, 0) is 50.3 Å². The molecule has 1 fully saturated rings. The first kappa shape index (κ1) is 24.3. The zero-order chi connectivity index (χ0) is 19.5. The summed E-state index contributed by atoms with van der Waals surface area (Å²) in [5, 5.41) is 9.44. The predicted molar refractivity (Wildman–Crippen MR) is 123 cm³/mol. The van der Waals surface area contributed by atoms with Crippen molar-refractivity contribution in [2.45, 2.75) is 32.6 Å². The zero-order valence-corrected chi connectivity index (χ0v) is 19.4. The third-order valence-corrected chi connectivity index (χ3v) is 4.35. The van der Waals surface area contributed by atoms with E-state index < -0.39 is 0 Å². The summed E-state index contributed by atoms with van der Waals surface area (Å²) in [6.45, 7) is 4.66. The fourth-order valence-corrected chi connectivity index (χ4v) is 2.72. The summed E-state index contributed by atoms with van der Waals surface area (Å²) in [5.41, 5.74) is 1.21. The molecular weight excluding hydrogens is 471 g/mol. The van der Waals surface area contributed by atoms with E-state index in [-0.39, 0.29) is 35.8 Å². The van der Waals surface area contributed by atoms with Crippen LogP contribution in [0.4, 0.5) is 0 Å². The van der Waals surface area contributed by atoms with Crippen LogP contribution in [-0.4, -0.2) is 52.3 Å². The van der Waals surface area contributed by atoms with Crippen LogP contribution in [0.5, 0.6) is 11.5 Å². The second-order valence-electron chi connectivity index (χ2n) is 6.51. The van der Waals surface area contributed by atoms with Gasteiger partial charge in [0, 0.05) is 32.6 Å². The number of nitrogens with one attached hydrogen (secondary N) is 3. The number of nitrogens with zero attached hydrogens (tertiary/aromatic N) is 1. The number of methoxy groups -OCH3 is 1. The third kappa shape index (κ3) is 8.53. The molecule has 0 saturated heterocycles. The van der Waals surface area contributed by atoms with Gasteiger partial charge in [-0.2, -0.15) is 0 Å². The lowest BCUT2D eigenvalue weighted by molar-refractivity contribution is -0.122. The van der Waals surface area contributed by atoms with Gasteiger partial charge in [0.15, 0.2) is 17.5 Å². The van der Waals surface area contributed by atoms with Crippen LogP contribution in [0.25, 0.3) is 0 Å². The molecular formula is C20H33IN4O3. The van der Waals surface area contributed by atoms with Crippen molar-refractivity contribution in [2.24, 2.45) is 10.9 Å².